The fraction of sp³-hybridized carbons (Fsp3) is 0.312. The number of nitrogens with zero attached hydrogens (tertiary/aromatic N) is 3. The number of nitrogens with two attached hydrogens (primary N) is 1. The number of hydrogen-bond donors (Lipinski definition) is 2. The zero-order valence-electron chi connectivity index (χ0n) is 13.7. The average Bonchev–Trinajstić information content (AvgIpc) is 2.46. The number of thioether (sulfide) groups is 1. The lowest BCUT2D eigenvalue weighted by atomic mass is 10.2. The molecule has 2 rings (SSSR count). The van der Waals surface area contributed by atoms with E-state index in [1.165, 1.54) is 11.8 Å². The van der Waals surface area contributed by atoms with Gasteiger partial charge in [0, 0.05) is 37.2 Å². The maximum Gasteiger partial charge on any atom is 0.237 e. The summed E-state index contributed by atoms with van der Waals surface area (Å²) >= 11 is 1.28. The molecule has 122 valence electrons. The molecule has 1 aromatic carbocycles. The summed E-state index contributed by atoms with van der Waals surface area (Å²) in [5.41, 5.74) is 8.33. The Morgan fingerprint density at radius 1 is 1.26 bits per heavy atom. The first-order chi connectivity index (χ1) is 10.8. The number of nitrogen functional groups attached to an aromatic ring is 1. The second-order valence-electron chi connectivity index (χ2n) is 5.41. The van der Waals surface area contributed by atoms with Crippen molar-refractivity contribution in [2.24, 2.45) is 0 Å². The molecule has 1 heterocycles. The molecule has 2 aromatic rings. The van der Waals surface area contributed by atoms with E-state index in [9.17, 15) is 4.79 Å². The Bertz CT molecular complexity index is 667. The number of rotatable bonds is 5. The third-order valence-corrected chi connectivity index (χ3v) is 4.12. The summed E-state index contributed by atoms with van der Waals surface area (Å²) in [6.07, 6.45) is 0. The number of aryl methyl sites for hydroxylation is 1. The van der Waals surface area contributed by atoms with Crippen molar-refractivity contribution in [3.8, 4) is 0 Å². The topological polar surface area (TPSA) is 84.1 Å². The lowest BCUT2D eigenvalue weighted by Crippen LogP contribution is -2.22. The first-order valence-corrected chi connectivity index (χ1v) is 8.09. The molecule has 0 fully saturated rings. The Morgan fingerprint density at radius 3 is 2.48 bits per heavy atom. The van der Waals surface area contributed by atoms with Gasteiger partial charge in [0.1, 0.15) is 5.82 Å². The molecule has 0 saturated carbocycles. The number of aromatic nitrogens is 2. The second-order valence-corrected chi connectivity index (χ2v) is 6.72. The molecule has 0 aliphatic heterocycles. The predicted molar refractivity (Wildman–Crippen MR) is 95.9 cm³/mol. The standard InChI is InChI=1S/C16H21N5OS/c1-10-9-14(17)20-16(18-10)23-11(2)15(22)19-12-5-7-13(8-6-12)21(3)4/h5-9,11H,1-4H3,(H,19,22)(H2,17,18,20). The van der Waals surface area contributed by atoms with Gasteiger partial charge in [-0.15, -0.1) is 0 Å². The molecule has 3 N–H and O–H groups in total. The Kier molecular flexibility index (Phi) is 5.44. The van der Waals surface area contributed by atoms with Crippen molar-refractivity contribution in [2.45, 2.75) is 24.3 Å². The lowest BCUT2D eigenvalue weighted by molar-refractivity contribution is -0.115. The predicted octanol–water partition coefficient (Wildman–Crippen LogP) is 2.55. The highest BCUT2D eigenvalue weighted by atomic mass is 32.2. The Hall–Kier alpha value is -2.28. The van der Waals surface area contributed by atoms with E-state index in [1.54, 1.807) is 6.07 Å². The number of anilines is 3. The minimum atomic E-state index is -0.329. The molecule has 0 radical (unpaired) electrons. The van der Waals surface area contributed by atoms with Gasteiger partial charge >= 0.3 is 0 Å². The molecule has 23 heavy (non-hydrogen) atoms. The van der Waals surface area contributed by atoms with Crippen LogP contribution >= 0.6 is 11.8 Å². The molecule has 1 unspecified atom stereocenters. The van der Waals surface area contributed by atoms with Crippen LogP contribution in [-0.4, -0.2) is 35.2 Å². The first-order valence-electron chi connectivity index (χ1n) is 7.21. The molecule has 0 aliphatic carbocycles. The molecule has 0 saturated heterocycles. The summed E-state index contributed by atoms with van der Waals surface area (Å²) in [7, 11) is 3.94. The lowest BCUT2D eigenvalue weighted by Gasteiger charge is -2.14. The van der Waals surface area contributed by atoms with Crippen LogP contribution in [0, 0.1) is 6.92 Å². The van der Waals surface area contributed by atoms with Crippen LogP contribution in [-0.2, 0) is 4.79 Å². The van der Waals surface area contributed by atoms with Crippen molar-refractivity contribution in [1.82, 2.24) is 9.97 Å². The summed E-state index contributed by atoms with van der Waals surface area (Å²) in [5, 5.41) is 3.07. The SMILES string of the molecule is Cc1cc(N)nc(SC(C)C(=O)Nc2ccc(N(C)C)cc2)n1. The molecular formula is C16H21N5OS. The van der Waals surface area contributed by atoms with Crippen molar-refractivity contribution in [2.75, 3.05) is 30.0 Å². The number of carbonyl (C=O) groups is 1. The normalized spacial score (nSPS) is 11.8. The maximum absolute atomic E-state index is 12.3. The van der Waals surface area contributed by atoms with E-state index >= 15 is 0 Å². The zero-order chi connectivity index (χ0) is 17.0. The summed E-state index contributed by atoms with van der Waals surface area (Å²) in [4.78, 5) is 22.7. The van der Waals surface area contributed by atoms with Crippen LogP contribution in [0.1, 0.15) is 12.6 Å². The van der Waals surface area contributed by atoms with Gasteiger partial charge in [0.2, 0.25) is 5.91 Å². The van der Waals surface area contributed by atoms with E-state index < -0.39 is 0 Å². The molecule has 0 aliphatic rings. The van der Waals surface area contributed by atoms with Crippen molar-refractivity contribution >= 4 is 34.9 Å². The third-order valence-electron chi connectivity index (χ3n) is 3.16. The average molecular weight is 331 g/mol. The monoisotopic (exact) mass is 331 g/mol. The Labute approximate surface area is 140 Å². The molecule has 1 amide bonds. The first kappa shape index (κ1) is 17.1. The van der Waals surface area contributed by atoms with Crippen LogP contribution in [0.15, 0.2) is 35.5 Å². The summed E-state index contributed by atoms with van der Waals surface area (Å²) < 4.78 is 0. The number of nitrogens with one attached hydrogen (secondary N) is 1. The molecule has 1 aromatic heterocycles. The van der Waals surface area contributed by atoms with Crippen LogP contribution in [0.5, 0.6) is 0 Å². The van der Waals surface area contributed by atoms with E-state index in [0.717, 1.165) is 17.1 Å². The van der Waals surface area contributed by atoms with Crippen molar-refractivity contribution in [3.63, 3.8) is 0 Å². The maximum atomic E-state index is 12.3. The van der Waals surface area contributed by atoms with Crippen molar-refractivity contribution < 1.29 is 4.79 Å². The zero-order valence-corrected chi connectivity index (χ0v) is 14.5. The van der Waals surface area contributed by atoms with E-state index in [0.29, 0.717) is 11.0 Å². The fourth-order valence-corrected chi connectivity index (χ4v) is 2.75. The van der Waals surface area contributed by atoms with Gasteiger partial charge in [-0.25, -0.2) is 9.97 Å². The molecule has 0 bridgehead atoms. The van der Waals surface area contributed by atoms with Crippen LogP contribution < -0.4 is 16.0 Å². The molecule has 0 spiro atoms. The summed E-state index contributed by atoms with van der Waals surface area (Å²) in [5.74, 6) is 0.308. The highest BCUT2D eigenvalue weighted by Crippen LogP contribution is 2.22. The van der Waals surface area contributed by atoms with Gasteiger partial charge in [-0.1, -0.05) is 11.8 Å². The van der Waals surface area contributed by atoms with Gasteiger partial charge in [0.25, 0.3) is 0 Å². The van der Waals surface area contributed by atoms with E-state index in [-0.39, 0.29) is 11.2 Å². The molecular weight excluding hydrogens is 310 g/mol. The minimum absolute atomic E-state index is 0.101. The van der Waals surface area contributed by atoms with Crippen LogP contribution in [0.4, 0.5) is 17.2 Å². The molecule has 1 atom stereocenters. The number of carbonyl (C=O) groups excluding carboxylic acids is 1. The van der Waals surface area contributed by atoms with Gasteiger partial charge < -0.3 is 16.0 Å². The van der Waals surface area contributed by atoms with E-state index in [4.69, 9.17) is 5.73 Å². The smallest absolute Gasteiger partial charge is 0.237 e. The van der Waals surface area contributed by atoms with Gasteiger partial charge in [-0.05, 0) is 38.1 Å². The largest absolute Gasteiger partial charge is 0.384 e. The number of amides is 1. The van der Waals surface area contributed by atoms with Crippen molar-refractivity contribution in [3.05, 3.63) is 36.0 Å². The number of hydrogen-bond acceptors (Lipinski definition) is 6. The molecule has 6 nitrogen and oxygen atoms in total. The third kappa shape index (κ3) is 4.85. The highest BCUT2D eigenvalue weighted by Gasteiger charge is 2.16. The molecule has 7 heteroatoms. The quantitative estimate of drug-likeness (QED) is 0.647. The van der Waals surface area contributed by atoms with Gasteiger partial charge in [0.05, 0.1) is 5.25 Å². The second kappa shape index (κ2) is 7.32. The van der Waals surface area contributed by atoms with Crippen LogP contribution in [0.25, 0.3) is 0 Å². The van der Waals surface area contributed by atoms with E-state index in [1.807, 2.05) is 57.1 Å². The summed E-state index contributed by atoms with van der Waals surface area (Å²) in [6, 6.07) is 9.37. The minimum Gasteiger partial charge on any atom is -0.384 e. The Balaban J connectivity index is 1.99. The number of benzene rings is 1. The van der Waals surface area contributed by atoms with Crippen LogP contribution in [0.3, 0.4) is 0 Å². The summed E-state index contributed by atoms with van der Waals surface area (Å²) in [6.45, 7) is 3.66. The highest BCUT2D eigenvalue weighted by molar-refractivity contribution is 8.00. The van der Waals surface area contributed by atoms with Gasteiger partial charge in [-0.2, -0.15) is 0 Å². The van der Waals surface area contributed by atoms with Crippen molar-refractivity contribution in [1.29, 1.82) is 0 Å². The van der Waals surface area contributed by atoms with E-state index in [2.05, 4.69) is 15.3 Å². The fourth-order valence-electron chi connectivity index (χ4n) is 1.92. The van der Waals surface area contributed by atoms with Gasteiger partial charge in [-0.3, -0.25) is 4.79 Å². The Morgan fingerprint density at radius 2 is 1.91 bits per heavy atom. The van der Waals surface area contributed by atoms with Gasteiger partial charge in [0.15, 0.2) is 5.16 Å². The van der Waals surface area contributed by atoms with Crippen LogP contribution in [0.2, 0.25) is 0 Å².